The van der Waals surface area contributed by atoms with Crippen molar-refractivity contribution in [3.8, 4) is 0 Å². The predicted molar refractivity (Wildman–Crippen MR) is 114 cm³/mol. The number of fused-ring (bicyclic) bond motifs is 2. The first-order valence-corrected chi connectivity index (χ1v) is 10.2. The molecule has 5 heteroatoms. The second-order valence-electron chi connectivity index (χ2n) is 7.73. The zero-order chi connectivity index (χ0) is 21.6. The van der Waals surface area contributed by atoms with Crippen molar-refractivity contribution < 1.29 is 7.54 Å². The Morgan fingerprint density at radius 3 is 2.69 bits per heavy atom. The fraction of sp³-hybridized carbons (Fsp3) is 0.333. The number of carbonyl (C=O) groups excluding carboxylic acids is 1. The van der Waals surface area contributed by atoms with Gasteiger partial charge in [-0.3, -0.25) is 19.6 Å². The maximum absolute atomic E-state index is 13.6. The van der Waals surface area contributed by atoms with E-state index in [-0.39, 0.29) is 5.91 Å². The third-order valence-electron chi connectivity index (χ3n) is 5.86. The van der Waals surface area contributed by atoms with Crippen molar-refractivity contribution in [1.82, 2.24) is 14.7 Å². The summed E-state index contributed by atoms with van der Waals surface area (Å²) in [6, 6.07) is 17.3. The van der Waals surface area contributed by atoms with Crippen LogP contribution in [0.4, 0.5) is 0 Å². The van der Waals surface area contributed by atoms with Gasteiger partial charge in [-0.05, 0) is 23.6 Å². The first kappa shape index (κ1) is 15.9. The monoisotopic (exact) mass is 388 g/mol. The van der Waals surface area contributed by atoms with Gasteiger partial charge in [0.15, 0.2) is 0 Å². The van der Waals surface area contributed by atoms with Gasteiger partial charge in [0, 0.05) is 41.0 Å². The Hall–Kier alpha value is -2.92. The number of rotatable bonds is 4. The van der Waals surface area contributed by atoms with Crippen molar-refractivity contribution >= 4 is 11.9 Å². The van der Waals surface area contributed by atoms with Crippen LogP contribution in [-0.4, -0.2) is 52.7 Å². The Morgan fingerprint density at radius 1 is 1.07 bits per heavy atom. The van der Waals surface area contributed by atoms with Crippen molar-refractivity contribution in [2.75, 3.05) is 26.2 Å². The lowest BCUT2D eigenvalue weighted by Gasteiger charge is -2.42. The Labute approximate surface area is 174 Å². The largest absolute Gasteiger partial charge is 0.314 e. The molecule has 3 heterocycles. The number of benzene rings is 2. The van der Waals surface area contributed by atoms with Gasteiger partial charge in [-0.15, -0.1) is 0 Å². The number of nitrogens with zero attached hydrogens (tertiary/aromatic N) is 4. The molecular weight excluding hydrogens is 360 g/mol. The molecule has 0 unspecified atom stereocenters. The van der Waals surface area contributed by atoms with Crippen LogP contribution in [0, 0.1) is 6.92 Å². The van der Waals surface area contributed by atoms with Crippen molar-refractivity contribution in [3.63, 3.8) is 0 Å². The molecule has 0 radical (unpaired) electrons. The minimum atomic E-state index is -1.64. The fourth-order valence-electron chi connectivity index (χ4n) is 4.31. The van der Waals surface area contributed by atoms with Crippen LogP contribution in [-0.2, 0) is 17.8 Å². The number of guanidine groups is 1. The Bertz CT molecular complexity index is 1080. The van der Waals surface area contributed by atoms with Crippen LogP contribution in [0.3, 0.4) is 0 Å². The maximum atomic E-state index is 13.6. The summed E-state index contributed by atoms with van der Waals surface area (Å²) in [5.74, 6) is 0.690. The van der Waals surface area contributed by atoms with Gasteiger partial charge in [0.25, 0.3) is 5.91 Å². The van der Waals surface area contributed by atoms with Gasteiger partial charge in [-0.2, -0.15) is 0 Å². The molecular formula is C24H26N4O. The second-order valence-corrected chi connectivity index (χ2v) is 7.73. The first-order chi connectivity index (χ1) is 15.0. The van der Waals surface area contributed by atoms with E-state index in [1.54, 1.807) is 9.80 Å². The molecule has 29 heavy (non-hydrogen) atoms. The lowest BCUT2D eigenvalue weighted by molar-refractivity contribution is -0.125. The first-order valence-electron chi connectivity index (χ1n) is 11.2. The standard InChI is InChI=1S/C24H26N4O/c1-18-7-5-6-10-20(18)16-28-23(29)21-17-26(15-19-8-3-2-4-9-19)13-11-22(21)27-14-12-25-24(27)28/h2-10H,11-17H2,1H3/i15D2. The summed E-state index contributed by atoms with van der Waals surface area (Å²) in [6.45, 7) is 3.21. The van der Waals surface area contributed by atoms with Crippen LogP contribution >= 0.6 is 0 Å². The number of carbonyl (C=O) groups is 1. The number of hydrogen-bond donors (Lipinski definition) is 0. The molecule has 0 saturated carbocycles. The Kier molecular flexibility index (Phi) is 4.11. The van der Waals surface area contributed by atoms with Crippen LogP contribution in [0.5, 0.6) is 0 Å². The molecule has 5 nitrogen and oxygen atoms in total. The van der Waals surface area contributed by atoms with Gasteiger partial charge >= 0.3 is 0 Å². The molecule has 0 fully saturated rings. The van der Waals surface area contributed by atoms with Crippen LogP contribution in [0.1, 0.15) is 25.9 Å². The molecule has 3 aliphatic heterocycles. The molecule has 0 aromatic heterocycles. The summed E-state index contributed by atoms with van der Waals surface area (Å²) in [5.41, 5.74) is 4.57. The van der Waals surface area contributed by atoms with Gasteiger partial charge in [-0.1, -0.05) is 54.6 Å². The summed E-state index contributed by atoms with van der Waals surface area (Å²) in [7, 11) is 0. The average Bonchev–Trinajstić information content (AvgIpc) is 3.28. The van der Waals surface area contributed by atoms with E-state index in [4.69, 9.17) is 2.74 Å². The third kappa shape index (κ3) is 3.36. The lowest BCUT2D eigenvalue weighted by atomic mass is 9.99. The number of aryl methyl sites for hydroxylation is 1. The van der Waals surface area contributed by atoms with E-state index >= 15 is 0 Å². The van der Waals surface area contributed by atoms with Crippen LogP contribution in [0.25, 0.3) is 0 Å². The smallest absolute Gasteiger partial charge is 0.259 e. The van der Waals surface area contributed by atoms with Gasteiger partial charge in [0.05, 0.1) is 18.7 Å². The Morgan fingerprint density at radius 2 is 1.86 bits per heavy atom. The topological polar surface area (TPSA) is 39.2 Å². The van der Waals surface area contributed by atoms with Crippen LogP contribution in [0.15, 0.2) is 70.9 Å². The van der Waals surface area contributed by atoms with E-state index in [2.05, 4.69) is 22.9 Å². The van der Waals surface area contributed by atoms with Gasteiger partial charge in [-0.25, -0.2) is 0 Å². The van der Waals surface area contributed by atoms with Gasteiger partial charge in [0.2, 0.25) is 5.96 Å². The molecule has 2 aromatic carbocycles. The highest BCUT2D eigenvalue weighted by molar-refractivity contribution is 6.09. The molecule has 0 aliphatic carbocycles. The van der Waals surface area contributed by atoms with E-state index in [1.165, 1.54) is 0 Å². The molecule has 0 spiro atoms. The predicted octanol–water partition coefficient (Wildman–Crippen LogP) is 3.17. The third-order valence-corrected chi connectivity index (χ3v) is 5.86. The summed E-state index contributed by atoms with van der Waals surface area (Å²) in [4.78, 5) is 24.0. The minimum Gasteiger partial charge on any atom is -0.314 e. The molecule has 0 saturated heterocycles. The van der Waals surface area contributed by atoms with E-state index in [0.29, 0.717) is 43.7 Å². The molecule has 3 aliphatic rings. The highest BCUT2D eigenvalue weighted by Gasteiger charge is 2.40. The molecule has 148 valence electrons. The van der Waals surface area contributed by atoms with E-state index in [9.17, 15) is 4.79 Å². The van der Waals surface area contributed by atoms with Crippen molar-refractivity contribution in [2.45, 2.75) is 26.4 Å². The van der Waals surface area contributed by atoms with Crippen molar-refractivity contribution in [2.24, 2.45) is 4.99 Å². The van der Waals surface area contributed by atoms with Crippen LogP contribution in [0.2, 0.25) is 0 Å². The molecule has 0 atom stereocenters. The molecule has 0 N–H and O–H groups in total. The van der Waals surface area contributed by atoms with E-state index in [1.807, 2.05) is 48.5 Å². The molecule has 1 amide bonds. The number of hydrogen-bond acceptors (Lipinski definition) is 4. The highest BCUT2D eigenvalue weighted by atomic mass is 16.2. The van der Waals surface area contributed by atoms with E-state index in [0.717, 1.165) is 29.3 Å². The zero-order valence-electron chi connectivity index (χ0n) is 18.6. The quantitative estimate of drug-likeness (QED) is 0.808. The lowest BCUT2D eigenvalue weighted by Crippen LogP contribution is -2.53. The summed E-state index contributed by atoms with van der Waals surface area (Å²) < 4.78 is 17.5. The summed E-state index contributed by atoms with van der Waals surface area (Å²) >= 11 is 0. The second kappa shape index (κ2) is 7.48. The maximum Gasteiger partial charge on any atom is 0.259 e. The number of amides is 1. The summed E-state index contributed by atoms with van der Waals surface area (Å²) in [5, 5.41) is 0. The average molecular weight is 389 g/mol. The summed E-state index contributed by atoms with van der Waals surface area (Å²) in [6.07, 6.45) is 0.643. The highest BCUT2D eigenvalue weighted by Crippen LogP contribution is 2.32. The van der Waals surface area contributed by atoms with Gasteiger partial charge < -0.3 is 4.90 Å². The Balaban J connectivity index is 1.47. The minimum absolute atomic E-state index is 0.0521. The fourth-order valence-corrected chi connectivity index (χ4v) is 4.31. The zero-order valence-corrected chi connectivity index (χ0v) is 16.6. The molecule has 2 aromatic rings. The van der Waals surface area contributed by atoms with Crippen molar-refractivity contribution in [3.05, 3.63) is 82.6 Å². The van der Waals surface area contributed by atoms with Gasteiger partial charge in [0.1, 0.15) is 0 Å². The SMILES string of the molecule is [2H]C([2H])(c1ccccc1)N1CCC2=C(C1)C(=O)N(Cc1ccccc1C)C1=NCCN12. The van der Waals surface area contributed by atoms with Crippen molar-refractivity contribution in [1.29, 1.82) is 0 Å². The van der Waals surface area contributed by atoms with Crippen LogP contribution < -0.4 is 0 Å². The molecule has 0 bridgehead atoms. The normalized spacial score (nSPS) is 20.9. The van der Waals surface area contributed by atoms with E-state index < -0.39 is 6.50 Å². The number of aliphatic imine (C=N–C) groups is 1. The molecule has 5 rings (SSSR count).